The highest BCUT2D eigenvalue weighted by Crippen LogP contribution is 2.15. The predicted molar refractivity (Wildman–Crippen MR) is 53.5 cm³/mol. The van der Waals surface area contributed by atoms with E-state index in [-0.39, 0.29) is 11.5 Å². The summed E-state index contributed by atoms with van der Waals surface area (Å²) in [6.07, 6.45) is 0.514. The molecule has 0 bridgehead atoms. The number of benzene rings is 1. The molecule has 5 nitrogen and oxygen atoms in total. The summed E-state index contributed by atoms with van der Waals surface area (Å²) in [5.41, 5.74) is 0. The van der Waals surface area contributed by atoms with E-state index in [1.165, 1.54) is 24.3 Å². The highest BCUT2D eigenvalue weighted by atomic mass is 32.2. The first kappa shape index (κ1) is 12.0. The van der Waals surface area contributed by atoms with Crippen molar-refractivity contribution in [2.75, 3.05) is 13.2 Å². The van der Waals surface area contributed by atoms with Gasteiger partial charge in [0, 0.05) is 13.0 Å². The lowest BCUT2D eigenvalue weighted by molar-refractivity contribution is 0.233. The van der Waals surface area contributed by atoms with Crippen LogP contribution in [-0.4, -0.2) is 31.3 Å². The fourth-order valence-electron chi connectivity index (χ4n) is 0.962. The molecule has 0 radical (unpaired) electrons. The Balaban J connectivity index is 2.65. The minimum absolute atomic E-state index is 0.0447. The Labute approximate surface area is 88.1 Å². The maximum Gasteiger partial charge on any atom is 0.294 e. The monoisotopic (exact) mass is 232 g/mol. The number of aliphatic hydroxyl groups is 1. The van der Waals surface area contributed by atoms with Gasteiger partial charge in [-0.2, -0.15) is 8.42 Å². The van der Waals surface area contributed by atoms with E-state index in [0.29, 0.717) is 18.8 Å². The summed E-state index contributed by atoms with van der Waals surface area (Å²) in [6.45, 7) is 0.408. The van der Waals surface area contributed by atoms with Crippen molar-refractivity contribution < 1.29 is 22.8 Å². The SMILES string of the molecule is O=S(=O)(O)c1ccc(OCCCO)cc1. The van der Waals surface area contributed by atoms with Crippen LogP contribution in [0, 0.1) is 0 Å². The summed E-state index contributed by atoms with van der Waals surface area (Å²) in [5, 5.41) is 8.50. The van der Waals surface area contributed by atoms with Crippen LogP contribution < -0.4 is 4.74 Å². The molecule has 0 aliphatic heterocycles. The molecule has 0 unspecified atom stereocenters. The number of hydrogen-bond donors (Lipinski definition) is 2. The molecule has 0 fully saturated rings. The Morgan fingerprint density at radius 3 is 2.27 bits per heavy atom. The average Bonchev–Trinajstić information content (AvgIpc) is 2.18. The fourth-order valence-corrected chi connectivity index (χ4v) is 1.44. The molecule has 0 spiro atoms. The Kier molecular flexibility index (Phi) is 4.07. The van der Waals surface area contributed by atoms with Gasteiger partial charge in [0.05, 0.1) is 11.5 Å². The van der Waals surface area contributed by atoms with Crippen molar-refractivity contribution in [2.45, 2.75) is 11.3 Å². The highest BCUT2D eigenvalue weighted by molar-refractivity contribution is 7.85. The Morgan fingerprint density at radius 2 is 1.80 bits per heavy atom. The highest BCUT2D eigenvalue weighted by Gasteiger charge is 2.08. The van der Waals surface area contributed by atoms with Crippen molar-refractivity contribution in [3.05, 3.63) is 24.3 Å². The maximum atomic E-state index is 10.7. The van der Waals surface area contributed by atoms with Gasteiger partial charge in [-0.1, -0.05) is 0 Å². The first-order valence-electron chi connectivity index (χ1n) is 4.35. The van der Waals surface area contributed by atoms with Gasteiger partial charge >= 0.3 is 0 Å². The van der Waals surface area contributed by atoms with Crippen LogP contribution >= 0.6 is 0 Å². The quantitative estimate of drug-likeness (QED) is 0.576. The number of rotatable bonds is 5. The Hall–Kier alpha value is -1.11. The topological polar surface area (TPSA) is 83.8 Å². The van der Waals surface area contributed by atoms with Gasteiger partial charge in [0.2, 0.25) is 0 Å². The van der Waals surface area contributed by atoms with Gasteiger partial charge in [0.15, 0.2) is 0 Å². The molecule has 1 rings (SSSR count). The molecule has 6 heteroatoms. The molecule has 84 valence electrons. The van der Waals surface area contributed by atoms with Gasteiger partial charge in [-0.15, -0.1) is 0 Å². The summed E-state index contributed by atoms with van der Waals surface area (Å²) in [5.74, 6) is 0.496. The lowest BCUT2D eigenvalue weighted by Gasteiger charge is -2.04. The maximum absolute atomic E-state index is 10.7. The van der Waals surface area contributed by atoms with E-state index < -0.39 is 10.1 Å². The Morgan fingerprint density at radius 1 is 1.20 bits per heavy atom. The zero-order chi connectivity index (χ0) is 11.3. The van der Waals surface area contributed by atoms with Crippen molar-refractivity contribution in [3.63, 3.8) is 0 Å². The lowest BCUT2D eigenvalue weighted by Crippen LogP contribution is -2.01. The lowest BCUT2D eigenvalue weighted by atomic mass is 10.3. The second-order valence-corrected chi connectivity index (χ2v) is 4.29. The minimum atomic E-state index is -4.14. The van der Waals surface area contributed by atoms with Crippen LogP contribution in [0.1, 0.15) is 6.42 Å². The standard InChI is InChI=1S/C9H12O5S/c10-6-1-7-14-8-2-4-9(5-3-8)15(11,12)13/h2-5,10H,1,6-7H2,(H,11,12,13). The molecule has 0 amide bonds. The van der Waals surface area contributed by atoms with Gasteiger partial charge in [-0.3, -0.25) is 4.55 Å². The van der Waals surface area contributed by atoms with Gasteiger partial charge in [-0.05, 0) is 24.3 Å². The van der Waals surface area contributed by atoms with Crippen LogP contribution in [0.5, 0.6) is 5.75 Å². The van der Waals surface area contributed by atoms with Crippen molar-refractivity contribution in [1.29, 1.82) is 0 Å². The Bertz CT molecular complexity index is 395. The zero-order valence-electron chi connectivity index (χ0n) is 7.96. The zero-order valence-corrected chi connectivity index (χ0v) is 8.77. The van der Waals surface area contributed by atoms with E-state index >= 15 is 0 Å². The van der Waals surface area contributed by atoms with Gasteiger partial charge in [0.25, 0.3) is 10.1 Å². The molecule has 0 heterocycles. The van der Waals surface area contributed by atoms with Crippen molar-refractivity contribution in [3.8, 4) is 5.75 Å². The van der Waals surface area contributed by atoms with E-state index in [2.05, 4.69) is 0 Å². The van der Waals surface area contributed by atoms with E-state index in [4.69, 9.17) is 14.4 Å². The van der Waals surface area contributed by atoms with Gasteiger partial charge < -0.3 is 9.84 Å². The molecule has 1 aromatic rings. The van der Waals surface area contributed by atoms with Crippen molar-refractivity contribution in [1.82, 2.24) is 0 Å². The molecule has 0 aromatic heterocycles. The smallest absolute Gasteiger partial charge is 0.294 e. The summed E-state index contributed by atoms with van der Waals surface area (Å²) < 4.78 is 35.2. The molecule has 0 saturated heterocycles. The summed E-state index contributed by atoms with van der Waals surface area (Å²) in [7, 11) is -4.14. The third-order valence-electron chi connectivity index (χ3n) is 1.69. The second kappa shape index (κ2) is 5.11. The largest absolute Gasteiger partial charge is 0.494 e. The number of hydrogen-bond acceptors (Lipinski definition) is 4. The third-order valence-corrected chi connectivity index (χ3v) is 2.56. The molecule has 0 aliphatic carbocycles. The van der Waals surface area contributed by atoms with Gasteiger partial charge in [0.1, 0.15) is 5.75 Å². The average molecular weight is 232 g/mol. The molecule has 0 atom stereocenters. The second-order valence-electron chi connectivity index (χ2n) is 2.87. The van der Waals surface area contributed by atoms with Gasteiger partial charge in [-0.25, -0.2) is 0 Å². The molecule has 0 saturated carbocycles. The molecular formula is C9H12O5S. The molecule has 0 aliphatic rings. The van der Waals surface area contributed by atoms with E-state index in [0.717, 1.165) is 0 Å². The van der Waals surface area contributed by atoms with Crippen molar-refractivity contribution in [2.24, 2.45) is 0 Å². The first-order chi connectivity index (χ1) is 7.04. The van der Waals surface area contributed by atoms with E-state index in [1.54, 1.807) is 0 Å². The van der Waals surface area contributed by atoms with Crippen LogP contribution in [0.2, 0.25) is 0 Å². The molecule has 2 N–H and O–H groups in total. The van der Waals surface area contributed by atoms with E-state index in [1.807, 2.05) is 0 Å². The number of aliphatic hydroxyl groups excluding tert-OH is 1. The fraction of sp³-hybridized carbons (Fsp3) is 0.333. The predicted octanol–water partition coefficient (Wildman–Crippen LogP) is 0.695. The molecule has 1 aromatic carbocycles. The van der Waals surface area contributed by atoms with Crippen LogP contribution in [0.3, 0.4) is 0 Å². The first-order valence-corrected chi connectivity index (χ1v) is 5.79. The van der Waals surface area contributed by atoms with E-state index in [9.17, 15) is 8.42 Å². The summed E-state index contributed by atoms with van der Waals surface area (Å²) >= 11 is 0. The van der Waals surface area contributed by atoms with Crippen molar-refractivity contribution >= 4 is 10.1 Å². The van der Waals surface area contributed by atoms with Crippen LogP contribution in [-0.2, 0) is 10.1 Å². The molecule has 15 heavy (non-hydrogen) atoms. The number of ether oxygens (including phenoxy) is 1. The third kappa shape index (κ3) is 3.86. The minimum Gasteiger partial charge on any atom is -0.494 e. The van der Waals surface area contributed by atoms with Crippen LogP contribution in [0.4, 0.5) is 0 Å². The normalized spacial score (nSPS) is 11.3. The van der Waals surface area contributed by atoms with Crippen LogP contribution in [0.25, 0.3) is 0 Å². The van der Waals surface area contributed by atoms with Crippen LogP contribution in [0.15, 0.2) is 29.2 Å². The summed E-state index contributed by atoms with van der Waals surface area (Å²) in [4.78, 5) is -0.169. The summed E-state index contributed by atoms with van der Waals surface area (Å²) in [6, 6.07) is 5.40. The molecular weight excluding hydrogens is 220 g/mol.